The molecule has 0 atom stereocenters. The van der Waals surface area contributed by atoms with Crippen LogP contribution >= 0.6 is 0 Å². The van der Waals surface area contributed by atoms with Crippen LogP contribution in [0.25, 0.3) is 22.3 Å². The predicted octanol–water partition coefficient (Wildman–Crippen LogP) is 2.93. The summed E-state index contributed by atoms with van der Waals surface area (Å²) in [5.41, 5.74) is 16.6. The number of rotatable bonds is 3. The molecule has 4 aromatic rings. The predicted molar refractivity (Wildman–Crippen MR) is 95.7 cm³/mol. The molecule has 0 bridgehead atoms. The summed E-state index contributed by atoms with van der Waals surface area (Å²) >= 11 is 0. The van der Waals surface area contributed by atoms with E-state index in [4.69, 9.17) is 11.5 Å². The number of nitrogens with zero attached hydrogens (tertiary/aromatic N) is 3. The van der Waals surface area contributed by atoms with Crippen LogP contribution in [0, 0.1) is 0 Å². The van der Waals surface area contributed by atoms with Crippen LogP contribution in [0.1, 0.15) is 0 Å². The third-order valence-electron chi connectivity index (χ3n) is 3.71. The fourth-order valence-electron chi connectivity index (χ4n) is 2.46. The maximum atomic E-state index is 5.80. The van der Waals surface area contributed by atoms with E-state index in [0.29, 0.717) is 22.9 Å². The van der Waals surface area contributed by atoms with Gasteiger partial charge in [-0.05, 0) is 35.4 Å². The molecule has 0 aliphatic heterocycles. The lowest BCUT2D eigenvalue weighted by molar-refractivity contribution is 1.21. The van der Waals surface area contributed by atoms with Gasteiger partial charge in [0.05, 0.1) is 0 Å². The molecule has 0 unspecified atom stereocenters. The molecule has 0 radical (unpaired) electrons. The SMILES string of the molecule is Nc1ccc(-c2ccc(Nc3nc4ncnc(N)c4[nH]3)cc2)cc1. The highest BCUT2D eigenvalue weighted by molar-refractivity contribution is 5.83. The van der Waals surface area contributed by atoms with E-state index < -0.39 is 0 Å². The van der Waals surface area contributed by atoms with Gasteiger partial charge in [0.2, 0.25) is 5.95 Å². The van der Waals surface area contributed by atoms with Crippen LogP contribution in [0.4, 0.5) is 23.1 Å². The van der Waals surface area contributed by atoms with Crippen molar-refractivity contribution < 1.29 is 0 Å². The standard InChI is InChI=1S/C17H15N7/c18-12-5-1-10(2-6-12)11-3-7-13(8-4-11)22-17-23-14-15(19)20-9-21-16(14)24-17/h1-9H,18H2,(H4,19,20,21,22,23,24). The quantitative estimate of drug-likeness (QED) is 0.431. The number of imidazole rings is 1. The van der Waals surface area contributed by atoms with Crippen molar-refractivity contribution in [2.24, 2.45) is 0 Å². The number of aromatic nitrogens is 4. The average molecular weight is 317 g/mol. The van der Waals surface area contributed by atoms with E-state index in [9.17, 15) is 0 Å². The van der Waals surface area contributed by atoms with Crippen LogP contribution < -0.4 is 16.8 Å². The fraction of sp³-hybridized carbons (Fsp3) is 0. The number of benzene rings is 2. The van der Waals surface area contributed by atoms with Gasteiger partial charge in [-0.2, -0.15) is 4.98 Å². The van der Waals surface area contributed by atoms with E-state index in [0.717, 1.165) is 22.5 Å². The lowest BCUT2D eigenvalue weighted by atomic mass is 10.1. The number of nitrogen functional groups attached to an aromatic ring is 2. The van der Waals surface area contributed by atoms with E-state index in [2.05, 4.69) is 25.3 Å². The highest BCUT2D eigenvalue weighted by Gasteiger charge is 2.07. The monoisotopic (exact) mass is 317 g/mol. The normalized spacial score (nSPS) is 10.8. The minimum absolute atomic E-state index is 0.374. The van der Waals surface area contributed by atoms with Gasteiger partial charge in [-0.25, -0.2) is 9.97 Å². The molecule has 2 aromatic carbocycles. The van der Waals surface area contributed by atoms with E-state index in [-0.39, 0.29) is 0 Å². The van der Waals surface area contributed by atoms with Gasteiger partial charge in [-0.15, -0.1) is 0 Å². The van der Waals surface area contributed by atoms with Gasteiger partial charge in [-0.1, -0.05) is 24.3 Å². The molecule has 118 valence electrons. The minimum atomic E-state index is 0.374. The van der Waals surface area contributed by atoms with E-state index >= 15 is 0 Å². The number of anilines is 4. The Morgan fingerprint density at radius 3 is 2.17 bits per heavy atom. The van der Waals surface area contributed by atoms with Crippen molar-refractivity contribution in [3.8, 4) is 11.1 Å². The second-order valence-corrected chi connectivity index (χ2v) is 5.37. The number of hydrogen-bond acceptors (Lipinski definition) is 6. The molecule has 4 rings (SSSR count). The molecule has 0 fully saturated rings. The van der Waals surface area contributed by atoms with Crippen LogP contribution in [0.2, 0.25) is 0 Å². The third-order valence-corrected chi connectivity index (χ3v) is 3.71. The molecule has 2 aromatic heterocycles. The largest absolute Gasteiger partial charge is 0.399 e. The van der Waals surface area contributed by atoms with Crippen molar-refractivity contribution in [3.63, 3.8) is 0 Å². The van der Waals surface area contributed by atoms with Crippen molar-refractivity contribution in [2.75, 3.05) is 16.8 Å². The number of aromatic amines is 1. The molecule has 2 heterocycles. The van der Waals surface area contributed by atoms with E-state index in [1.807, 2.05) is 48.5 Å². The summed E-state index contributed by atoms with van der Waals surface area (Å²) in [6, 6.07) is 15.8. The van der Waals surface area contributed by atoms with Crippen LogP contribution in [-0.4, -0.2) is 19.9 Å². The van der Waals surface area contributed by atoms with Gasteiger partial charge in [0.25, 0.3) is 0 Å². The van der Waals surface area contributed by atoms with Crippen LogP contribution in [-0.2, 0) is 0 Å². The van der Waals surface area contributed by atoms with Crippen LogP contribution in [0.15, 0.2) is 54.9 Å². The zero-order chi connectivity index (χ0) is 16.5. The first-order valence-electron chi connectivity index (χ1n) is 7.38. The Morgan fingerprint density at radius 1 is 0.833 bits per heavy atom. The summed E-state index contributed by atoms with van der Waals surface area (Å²) in [4.78, 5) is 15.4. The molecule has 7 nitrogen and oxygen atoms in total. The van der Waals surface area contributed by atoms with Gasteiger partial charge >= 0.3 is 0 Å². The highest BCUT2D eigenvalue weighted by Crippen LogP contribution is 2.24. The molecule has 0 aliphatic carbocycles. The number of hydrogen-bond donors (Lipinski definition) is 4. The summed E-state index contributed by atoms with van der Waals surface area (Å²) in [6.45, 7) is 0. The van der Waals surface area contributed by atoms with Crippen molar-refractivity contribution in [1.29, 1.82) is 0 Å². The summed E-state index contributed by atoms with van der Waals surface area (Å²) < 4.78 is 0. The van der Waals surface area contributed by atoms with Gasteiger partial charge < -0.3 is 21.8 Å². The Bertz CT molecular complexity index is 988. The van der Waals surface area contributed by atoms with Crippen molar-refractivity contribution in [2.45, 2.75) is 0 Å². The molecular formula is C17H15N7. The summed E-state index contributed by atoms with van der Waals surface area (Å²) in [7, 11) is 0. The maximum Gasteiger partial charge on any atom is 0.207 e. The Kier molecular flexibility index (Phi) is 3.24. The third kappa shape index (κ3) is 2.58. The molecule has 0 amide bonds. The average Bonchev–Trinajstić information content (AvgIpc) is 3.00. The van der Waals surface area contributed by atoms with Gasteiger partial charge in [-0.3, -0.25) is 0 Å². The molecule has 24 heavy (non-hydrogen) atoms. The second kappa shape index (κ2) is 5.54. The molecule has 0 spiro atoms. The number of fused-ring (bicyclic) bond motifs is 1. The van der Waals surface area contributed by atoms with E-state index in [1.165, 1.54) is 6.33 Å². The first kappa shape index (κ1) is 14.0. The van der Waals surface area contributed by atoms with Gasteiger partial charge in [0.15, 0.2) is 11.5 Å². The molecule has 0 saturated carbocycles. The number of nitrogens with one attached hydrogen (secondary N) is 2. The minimum Gasteiger partial charge on any atom is -0.399 e. The summed E-state index contributed by atoms with van der Waals surface area (Å²) in [5, 5.41) is 3.20. The number of H-pyrrole nitrogens is 1. The Hall–Kier alpha value is -3.61. The Balaban J connectivity index is 1.58. The first-order valence-corrected chi connectivity index (χ1v) is 7.38. The molecular weight excluding hydrogens is 302 g/mol. The van der Waals surface area contributed by atoms with Crippen LogP contribution in [0.3, 0.4) is 0 Å². The van der Waals surface area contributed by atoms with Gasteiger partial charge in [0.1, 0.15) is 11.8 Å². The van der Waals surface area contributed by atoms with Crippen LogP contribution in [0.5, 0.6) is 0 Å². The zero-order valence-electron chi connectivity index (χ0n) is 12.7. The highest BCUT2D eigenvalue weighted by atomic mass is 15.2. The van der Waals surface area contributed by atoms with Crippen molar-refractivity contribution >= 4 is 34.3 Å². The molecule has 0 saturated heterocycles. The van der Waals surface area contributed by atoms with E-state index in [1.54, 1.807) is 0 Å². The Labute approximate surface area is 137 Å². The zero-order valence-corrected chi connectivity index (χ0v) is 12.7. The maximum absolute atomic E-state index is 5.80. The lowest BCUT2D eigenvalue weighted by Gasteiger charge is -2.06. The molecule has 6 N–H and O–H groups in total. The van der Waals surface area contributed by atoms with Crippen molar-refractivity contribution in [1.82, 2.24) is 19.9 Å². The van der Waals surface area contributed by atoms with Crippen molar-refractivity contribution in [3.05, 3.63) is 54.9 Å². The molecule has 7 heteroatoms. The lowest BCUT2D eigenvalue weighted by Crippen LogP contribution is -1.93. The Morgan fingerprint density at radius 2 is 1.50 bits per heavy atom. The summed E-state index contributed by atoms with van der Waals surface area (Å²) in [5.74, 6) is 0.941. The second-order valence-electron chi connectivity index (χ2n) is 5.37. The van der Waals surface area contributed by atoms with Gasteiger partial charge in [0, 0.05) is 11.4 Å². The molecule has 0 aliphatic rings. The summed E-state index contributed by atoms with van der Waals surface area (Å²) in [6.07, 6.45) is 1.39. The smallest absolute Gasteiger partial charge is 0.207 e. The first-order chi connectivity index (χ1) is 11.7. The number of nitrogens with two attached hydrogens (primary N) is 2. The topological polar surface area (TPSA) is 119 Å². The fourth-order valence-corrected chi connectivity index (χ4v) is 2.46.